The SMILES string of the molecule is CCc1cccc2nc(OC3CCC3)oc(=O)c12. The molecule has 0 amide bonds. The van der Waals surface area contributed by atoms with E-state index < -0.39 is 0 Å². The summed E-state index contributed by atoms with van der Waals surface area (Å²) in [5.41, 5.74) is 1.26. The molecule has 1 aromatic carbocycles. The summed E-state index contributed by atoms with van der Waals surface area (Å²) in [6.45, 7) is 2.01. The molecule has 3 rings (SSSR count). The molecular weight excluding hydrogens is 230 g/mol. The maximum atomic E-state index is 12.0. The molecule has 1 aliphatic rings. The van der Waals surface area contributed by atoms with E-state index in [0.717, 1.165) is 24.8 Å². The number of nitrogens with zero attached hydrogens (tertiary/aromatic N) is 1. The van der Waals surface area contributed by atoms with Crippen LogP contribution in [0, 0.1) is 0 Å². The molecule has 0 N–H and O–H groups in total. The largest absolute Gasteiger partial charge is 0.447 e. The first-order chi connectivity index (χ1) is 8.78. The van der Waals surface area contributed by atoms with Gasteiger partial charge in [-0.25, -0.2) is 4.79 Å². The van der Waals surface area contributed by atoms with Crippen molar-refractivity contribution in [2.75, 3.05) is 0 Å². The fourth-order valence-corrected chi connectivity index (χ4v) is 2.14. The molecule has 1 aromatic heterocycles. The van der Waals surface area contributed by atoms with Crippen molar-refractivity contribution in [3.8, 4) is 6.08 Å². The van der Waals surface area contributed by atoms with Crippen LogP contribution in [0.3, 0.4) is 0 Å². The van der Waals surface area contributed by atoms with Crippen LogP contribution in [-0.2, 0) is 6.42 Å². The highest BCUT2D eigenvalue weighted by Gasteiger charge is 2.21. The van der Waals surface area contributed by atoms with Crippen molar-refractivity contribution in [2.24, 2.45) is 0 Å². The molecule has 1 heterocycles. The van der Waals surface area contributed by atoms with Gasteiger partial charge in [-0.1, -0.05) is 19.1 Å². The van der Waals surface area contributed by atoms with E-state index in [-0.39, 0.29) is 17.8 Å². The van der Waals surface area contributed by atoms with Gasteiger partial charge < -0.3 is 9.15 Å². The number of hydrogen-bond acceptors (Lipinski definition) is 4. The standard InChI is InChI=1S/C14H15NO3/c1-2-9-5-3-8-11-12(9)13(16)18-14(15-11)17-10-6-4-7-10/h3,5,8,10H,2,4,6-7H2,1H3. The second-order valence-electron chi connectivity index (χ2n) is 4.60. The average molecular weight is 245 g/mol. The molecule has 94 valence electrons. The molecule has 0 radical (unpaired) electrons. The molecule has 1 fully saturated rings. The van der Waals surface area contributed by atoms with Crippen LogP contribution in [0.15, 0.2) is 27.4 Å². The average Bonchev–Trinajstić information content (AvgIpc) is 2.33. The second kappa shape index (κ2) is 4.44. The molecule has 0 saturated heterocycles. The lowest BCUT2D eigenvalue weighted by molar-refractivity contribution is 0.0785. The number of aromatic nitrogens is 1. The fraction of sp³-hybridized carbons (Fsp3) is 0.429. The summed E-state index contributed by atoms with van der Waals surface area (Å²) in [7, 11) is 0. The molecule has 18 heavy (non-hydrogen) atoms. The Labute approximate surface area is 105 Å². The predicted octanol–water partition coefficient (Wildman–Crippen LogP) is 2.68. The highest BCUT2D eigenvalue weighted by Crippen LogP contribution is 2.24. The normalized spacial score (nSPS) is 15.6. The highest BCUT2D eigenvalue weighted by atomic mass is 16.6. The summed E-state index contributed by atoms with van der Waals surface area (Å²) in [6.07, 6.45) is 4.24. The van der Waals surface area contributed by atoms with Gasteiger partial charge in [-0.3, -0.25) is 0 Å². The molecule has 1 aliphatic carbocycles. The third-order valence-electron chi connectivity index (χ3n) is 3.43. The van der Waals surface area contributed by atoms with E-state index in [2.05, 4.69) is 4.98 Å². The van der Waals surface area contributed by atoms with E-state index in [1.165, 1.54) is 6.42 Å². The molecule has 4 nitrogen and oxygen atoms in total. The number of hydrogen-bond donors (Lipinski definition) is 0. The molecular formula is C14H15NO3. The van der Waals surface area contributed by atoms with Crippen LogP contribution in [-0.4, -0.2) is 11.1 Å². The van der Waals surface area contributed by atoms with Crippen LogP contribution >= 0.6 is 0 Å². The Morgan fingerprint density at radius 3 is 2.94 bits per heavy atom. The van der Waals surface area contributed by atoms with Gasteiger partial charge in [0.1, 0.15) is 6.10 Å². The van der Waals surface area contributed by atoms with Crippen molar-refractivity contribution in [1.29, 1.82) is 0 Å². The van der Waals surface area contributed by atoms with Gasteiger partial charge in [0, 0.05) is 0 Å². The topological polar surface area (TPSA) is 52.3 Å². The van der Waals surface area contributed by atoms with Gasteiger partial charge in [-0.05, 0) is 37.3 Å². The summed E-state index contributed by atoms with van der Waals surface area (Å²) < 4.78 is 10.7. The van der Waals surface area contributed by atoms with Gasteiger partial charge in [0.15, 0.2) is 0 Å². The number of aryl methyl sites for hydroxylation is 1. The van der Waals surface area contributed by atoms with E-state index in [1.807, 2.05) is 25.1 Å². The Morgan fingerprint density at radius 1 is 1.44 bits per heavy atom. The van der Waals surface area contributed by atoms with Crippen LogP contribution in [0.25, 0.3) is 10.9 Å². The van der Waals surface area contributed by atoms with Crippen molar-refractivity contribution in [1.82, 2.24) is 4.98 Å². The van der Waals surface area contributed by atoms with Crippen molar-refractivity contribution in [3.05, 3.63) is 34.2 Å². The molecule has 4 heteroatoms. The maximum absolute atomic E-state index is 12.0. The van der Waals surface area contributed by atoms with E-state index in [9.17, 15) is 4.79 Å². The van der Waals surface area contributed by atoms with Crippen molar-refractivity contribution >= 4 is 10.9 Å². The fourth-order valence-electron chi connectivity index (χ4n) is 2.14. The lowest BCUT2D eigenvalue weighted by Gasteiger charge is -2.24. The summed E-state index contributed by atoms with van der Waals surface area (Å²) in [5.74, 6) is 0. The zero-order chi connectivity index (χ0) is 12.5. The zero-order valence-electron chi connectivity index (χ0n) is 10.3. The van der Waals surface area contributed by atoms with Crippen molar-refractivity contribution in [3.63, 3.8) is 0 Å². The van der Waals surface area contributed by atoms with Gasteiger partial charge in [-0.15, -0.1) is 0 Å². The summed E-state index contributed by atoms with van der Waals surface area (Å²) in [5, 5.41) is 0.570. The zero-order valence-corrected chi connectivity index (χ0v) is 10.3. The number of benzene rings is 1. The van der Waals surface area contributed by atoms with Crippen molar-refractivity contribution < 1.29 is 9.15 Å². The predicted molar refractivity (Wildman–Crippen MR) is 67.9 cm³/mol. The molecule has 1 saturated carbocycles. The van der Waals surface area contributed by atoms with E-state index in [4.69, 9.17) is 9.15 Å². The lowest BCUT2D eigenvalue weighted by Crippen LogP contribution is -2.25. The highest BCUT2D eigenvalue weighted by molar-refractivity contribution is 5.80. The number of ether oxygens (including phenoxy) is 1. The van der Waals surface area contributed by atoms with Gasteiger partial charge in [0.25, 0.3) is 0 Å². The van der Waals surface area contributed by atoms with Gasteiger partial charge >= 0.3 is 11.7 Å². The Hall–Kier alpha value is -1.84. The number of fused-ring (bicyclic) bond motifs is 1. The smallest absolute Gasteiger partial charge is 0.397 e. The Morgan fingerprint density at radius 2 is 2.28 bits per heavy atom. The minimum absolute atomic E-state index is 0.102. The van der Waals surface area contributed by atoms with E-state index in [0.29, 0.717) is 10.9 Å². The molecule has 2 aromatic rings. The van der Waals surface area contributed by atoms with Gasteiger partial charge in [0.2, 0.25) is 0 Å². The molecule has 0 bridgehead atoms. The quantitative estimate of drug-likeness (QED) is 0.834. The minimum Gasteiger partial charge on any atom is -0.447 e. The summed E-state index contributed by atoms with van der Waals surface area (Å²) in [6, 6.07) is 5.65. The van der Waals surface area contributed by atoms with Crippen LogP contribution in [0.2, 0.25) is 0 Å². The molecule has 0 atom stereocenters. The minimum atomic E-state index is -0.355. The molecule has 0 aliphatic heterocycles. The first-order valence-electron chi connectivity index (χ1n) is 6.37. The number of rotatable bonds is 3. The van der Waals surface area contributed by atoms with Crippen LogP contribution in [0.1, 0.15) is 31.7 Å². The Bertz CT molecular complexity index is 628. The lowest BCUT2D eigenvalue weighted by atomic mass is 9.96. The third-order valence-corrected chi connectivity index (χ3v) is 3.43. The first kappa shape index (κ1) is 11.3. The van der Waals surface area contributed by atoms with Crippen LogP contribution < -0.4 is 10.4 Å². The van der Waals surface area contributed by atoms with E-state index in [1.54, 1.807) is 0 Å². The third kappa shape index (κ3) is 1.88. The summed E-state index contributed by atoms with van der Waals surface area (Å²) >= 11 is 0. The summed E-state index contributed by atoms with van der Waals surface area (Å²) in [4.78, 5) is 16.3. The van der Waals surface area contributed by atoms with E-state index >= 15 is 0 Å². The second-order valence-corrected chi connectivity index (χ2v) is 4.60. The first-order valence-corrected chi connectivity index (χ1v) is 6.37. The maximum Gasteiger partial charge on any atom is 0.397 e. The Kier molecular flexibility index (Phi) is 2.78. The van der Waals surface area contributed by atoms with Gasteiger partial charge in [0.05, 0.1) is 10.9 Å². The van der Waals surface area contributed by atoms with Crippen LogP contribution in [0.5, 0.6) is 6.08 Å². The molecule has 0 spiro atoms. The van der Waals surface area contributed by atoms with Crippen molar-refractivity contribution in [2.45, 2.75) is 38.7 Å². The van der Waals surface area contributed by atoms with Gasteiger partial charge in [-0.2, -0.15) is 4.98 Å². The molecule has 0 unspecified atom stereocenters. The Balaban J connectivity index is 2.07. The van der Waals surface area contributed by atoms with Crippen LogP contribution in [0.4, 0.5) is 0 Å². The monoisotopic (exact) mass is 245 g/mol.